The van der Waals surface area contributed by atoms with Crippen molar-refractivity contribution in [1.82, 2.24) is 20.1 Å². The van der Waals surface area contributed by atoms with Crippen molar-refractivity contribution in [2.24, 2.45) is 7.05 Å². The van der Waals surface area contributed by atoms with Crippen LogP contribution < -0.4 is 15.6 Å². The number of amides is 1. The third kappa shape index (κ3) is 4.75. The van der Waals surface area contributed by atoms with Crippen LogP contribution in [0.1, 0.15) is 15.9 Å². The van der Waals surface area contributed by atoms with Crippen molar-refractivity contribution in [2.75, 3.05) is 7.11 Å². The Kier molecular flexibility index (Phi) is 7.23. The lowest BCUT2D eigenvalue weighted by Gasteiger charge is -2.18. The van der Waals surface area contributed by atoms with Gasteiger partial charge in [0, 0.05) is 30.6 Å². The first-order valence-corrected chi connectivity index (χ1v) is 11.4. The van der Waals surface area contributed by atoms with Crippen LogP contribution in [-0.2, 0) is 18.3 Å². The van der Waals surface area contributed by atoms with Gasteiger partial charge in [0.15, 0.2) is 5.75 Å². The molecule has 11 heteroatoms. The van der Waals surface area contributed by atoms with Crippen molar-refractivity contribution in [2.45, 2.75) is 12.5 Å². The highest BCUT2D eigenvalue weighted by atomic mass is 35.5. The molecule has 0 saturated carbocycles. The van der Waals surface area contributed by atoms with Crippen molar-refractivity contribution in [3.05, 3.63) is 86.4 Å². The number of methoxy groups -OCH3 is 1. The summed E-state index contributed by atoms with van der Waals surface area (Å²) in [5, 5.41) is 17.2. The maximum atomic E-state index is 12.9. The van der Waals surface area contributed by atoms with Crippen LogP contribution in [0.5, 0.6) is 5.75 Å². The summed E-state index contributed by atoms with van der Waals surface area (Å²) in [6, 6.07) is 10.1. The number of fused-ring (bicyclic) bond motifs is 1. The quantitative estimate of drug-likeness (QED) is 0.375. The van der Waals surface area contributed by atoms with E-state index in [0.717, 1.165) is 0 Å². The summed E-state index contributed by atoms with van der Waals surface area (Å²) in [7, 11) is 2.98. The number of benzene rings is 2. The molecular formula is C25H20Cl2N4O5. The Hall–Kier alpha value is -3.95. The summed E-state index contributed by atoms with van der Waals surface area (Å²) in [6.07, 6.45) is 2.93. The summed E-state index contributed by atoms with van der Waals surface area (Å²) < 4.78 is 6.57. The molecule has 9 nitrogen and oxygen atoms in total. The van der Waals surface area contributed by atoms with Gasteiger partial charge >= 0.3 is 5.97 Å². The maximum absolute atomic E-state index is 12.9. The largest absolute Gasteiger partial charge is 0.494 e. The van der Waals surface area contributed by atoms with Gasteiger partial charge in [-0.05, 0) is 23.8 Å². The van der Waals surface area contributed by atoms with Crippen LogP contribution in [0.2, 0.25) is 10.0 Å². The minimum atomic E-state index is -1.30. The first kappa shape index (κ1) is 25.2. The normalized spacial score (nSPS) is 11.8. The van der Waals surface area contributed by atoms with Crippen LogP contribution in [0, 0.1) is 0 Å². The van der Waals surface area contributed by atoms with Gasteiger partial charge in [0.25, 0.3) is 11.5 Å². The number of aryl methyl sites for hydroxylation is 1. The second-order valence-electron chi connectivity index (χ2n) is 7.85. The van der Waals surface area contributed by atoms with Crippen LogP contribution in [0.4, 0.5) is 0 Å². The Morgan fingerprint density at radius 3 is 2.53 bits per heavy atom. The molecule has 0 fully saturated rings. The molecular weight excluding hydrogens is 507 g/mol. The van der Waals surface area contributed by atoms with Crippen LogP contribution in [0.15, 0.2) is 59.7 Å². The van der Waals surface area contributed by atoms with Crippen LogP contribution in [0.25, 0.3) is 22.0 Å². The van der Waals surface area contributed by atoms with Gasteiger partial charge in [-0.2, -0.15) is 5.10 Å². The first-order valence-electron chi connectivity index (χ1n) is 10.7. The predicted octanol–water partition coefficient (Wildman–Crippen LogP) is 3.74. The Labute approximate surface area is 215 Å². The number of halogens is 2. The molecule has 4 aromatic rings. The predicted molar refractivity (Wildman–Crippen MR) is 136 cm³/mol. The topological polar surface area (TPSA) is 123 Å². The van der Waals surface area contributed by atoms with Crippen molar-refractivity contribution < 1.29 is 19.4 Å². The third-order valence-corrected chi connectivity index (χ3v) is 6.29. The van der Waals surface area contributed by atoms with E-state index in [0.29, 0.717) is 33.3 Å². The number of aromatic nitrogens is 3. The number of carbonyl (C=O) groups excluding carboxylic acids is 1. The summed E-state index contributed by atoms with van der Waals surface area (Å²) in [5.41, 5.74) is 1.52. The third-order valence-electron chi connectivity index (χ3n) is 5.66. The number of nitrogens with one attached hydrogen (secondary N) is 1. The summed E-state index contributed by atoms with van der Waals surface area (Å²) in [5.74, 6) is -1.66. The van der Waals surface area contributed by atoms with E-state index in [1.807, 2.05) is 0 Å². The standard InChI is InChI=1S/C25H20Cl2N4O5/c1-31-24(33)20(19(36-2)12-29-31)14-9-8-13(22-15(14)5-4-10-28-22)11-18(25(34)35)30-23(32)21-16(26)6-3-7-17(21)27/h3-10,12,18H,11H2,1-2H3,(H,30,32)(H,34,35). The molecule has 2 aromatic carbocycles. The molecule has 2 aromatic heterocycles. The van der Waals surface area contributed by atoms with Crippen molar-refractivity contribution in [3.8, 4) is 16.9 Å². The molecule has 2 N–H and O–H groups in total. The molecule has 0 aliphatic carbocycles. The van der Waals surface area contributed by atoms with Gasteiger partial charge in [-0.15, -0.1) is 0 Å². The van der Waals surface area contributed by atoms with Crippen molar-refractivity contribution in [3.63, 3.8) is 0 Å². The smallest absolute Gasteiger partial charge is 0.326 e. The number of carboxylic acid groups (broad SMARTS) is 1. The molecule has 0 radical (unpaired) electrons. The number of rotatable bonds is 7. The SMILES string of the molecule is COc1cnn(C)c(=O)c1-c1ccc(CC(NC(=O)c2c(Cl)cccc2Cl)C(=O)O)c2ncccc12. The molecule has 184 valence electrons. The number of nitrogens with zero attached hydrogens (tertiary/aromatic N) is 3. The number of hydrogen-bond donors (Lipinski definition) is 2. The lowest BCUT2D eigenvalue weighted by atomic mass is 9.95. The van der Waals surface area contributed by atoms with Gasteiger partial charge in [0.2, 0.25) is 0 Å². The first-order chi connectivity index (χ1) is 17.2. The van der Waals surface area contributed by atoms with E-state index in [-0.39, 0.29) is 27.6 Å². The lowest BCUT2D eigenvalue weighted by molar-refractivity contribution is -0.139. The highest BCUT2D eigenvalue weighted by Gasteiger charge is 2.25. The Balaban J connectivity index is 1.76. The zero-order chi connectivity index (χ0) is 26.0. The van der Waals surface area contributed by atoms with Crippen molar-refractivity contribution >= 4 is 46.0 Å². The fourth-order valence-electron chi connectivity index (χ4n) is 3.90. The number of carboxylic acids is 1. The Bertz CT molecular complexity index is 1530. The van der Waals surface area contributed by atoms with Crippen LogP contribution in [0.3, 0.4) is 0 Å². The average molecular weight is 527 g/mol. The fraction of sp³-hybridized carbons (Fsp3) is 0.160. The van der Waals surface area contributed by atoms with Gasteiger partial charge in [-0.1, -0.05) is 47.5 Å². The molecule has 0 saturated heterocycles. The van der Waals surface area contributed by atoms with Gasteiger partial charge < -0.3 is 15.2 Å². The number of pyridine rings is 1. The van der Waals surface area contributed by atoms with Gasteiger partial charge in [-0.25, -0.2) is 9.48 Å². The molecule has 1 atom stereocenters. The van der Waals surface area contributed by atoms with Crippen LogP contribution >= 0.6 is 23.2 Å². The second-order valence-corrected chi connectivity index (χ2v) is 8.67. The van der Waals surface area contributed by atoms with E-state index in [1.54, 1.807) is 36.5 Å². The highest BCUT2D eigenvalue weighted by Crippen LogP contribution is 2.33. The molecule has 0 aliphatic rings. The van der Waals surface area contributed by atoms with E-state index in [1.165, 1.54) is 37.2 Å². The molecule has 1 amide bonds. The van der Waals surface area contributed by atoms with E-state index in [9.17, 15) is 19.5 Å². The van der Waals surface area contributed by atoms with Crippen LogP contribution in [-0.4, -0.2) is 44.9 Å². The molecule has 0 bridgehead atoms. The molecule has 2 heterocycles. The molecule has 36 heavy (non-hydrogen) atoms. The van der Waals surface area contributed by atoms with Gasteiger partial charge in [0.1, 0.15) is 6.04 Å². The van der Waals surface area contributed by atoms with E-state index in [4.69, 9.17) is 27.9 Å². The van der Waals surface area contributed by atoms with Crippen molar-refractivity contribution in [1.29, 1.82) is 0 Å². The second kappa shape index (κ2) is 10.3. The minimum absolute atomic E-state index is 0.00829. The molecule has 1 unspecified atom stereocenters. The van der Waals surface area contributed by atoms with Gasteiger partial charge in [0.05, 0.1) is 40.0 Å². The fourth-order valence-corrected chi connectivity index (χ4v) is 4.47. The highest BCUT2D eigenvalue weighted by molar-refractivity contribution is 6.39. The number of carbonyl (C=O) groups is 2. The summed E-state index contributed by atoms with van der Waals surface area (Å²) in [6.45, 7) is 0. The van der Waals surface area contributed by atoms with Gasteiger partial charge in [-0.3, -0.25) is 14.6 Å². The van der Waals surface area contributed by atoms with E-state index >= 15 is 0 Å². The minimum Gasteiger partial charge on any atom is -0.494 e. The molecule has 0 spiro atoms. The summed E-state index contributed by atoms with van der Waals surface area (Å²) >= 11 is 12.2. The number of aliphatic carboxylic acids is 1. The number of hydrogen-bond acceptors (Lipinski definition) is 6. The lowest BCUT2D eigenvalue weighted by Crippen LogP contribution is -2.42. The Morgan fingerprint density at radius 1 is 1.14 bits per heavy atom. The molecule has 4 rings (SSSR count). The van der Waals surface area contributed by atoms with E-state index in [2.05, 4.69) is 15.4 Å². The monoisotopic (exact) mass is 526 g/mol. The zero-order valence-corrected chi connectivity index (χ0v) is 20.7. The maximum Gasteiger partial charge on any atom is 0.326 e. The number of ether oxygens (including phenoxy) is 1. The summed E-state index contributed by atoms with van der Waals surface area (Å²) in [4.78, 5) is 42.2. The average Bonchev–Trinajstić information content (AvgIpc) is 2.85. The molecule has 0 aliphatic heterocycles. The Morgan fingerprint density at radius 2 is 1.86 bits per heavy atom. The zero-order valence-electron chi connectivity index (χ0n) is 19.2. The van der Waals surface area contributed by atoms with E-state index < -0.39 is 17.9 Å².